The molecule has 3 amide bonds. The lowest BCUT2D eigenvalue weighted by Crippen LogP contribution is -2.41. The molecule has 7 nitrogen and oxygen atoms in total. The van der Waals surface area contributed by atoms with Gasteiger partial charge in [0.25, 0.3) is 5.91 Å². The number of carbonyl (C=O) groups excluding carboxylic acids is 3. The first-order valence-corrected chi connectivity index (χ1v) is 7.09. The molecule has 0 aliphatic heterocycles. The Morgan fingerprint density at radius 3 is 2.67 bits per heavy atom. The van der Waals surface area contributed by atoms with Crippen molar-refractivity contribution in [3.63, 3.8) is 0 Å². The van der Waals surface area contributed by atoms with E-state index < -0.39 is 24.5 Å². The number of esters is 1. The Kier molecular flexibility index (Phi) is 5.51. The van der Waals surface area contributed by atoms with Crippen LogP contribution in [0.15, 0.2) is 49.1 Å². The summed E-state index contributed by atoms with van der Waals surface area (Å²) < 4.78 is 4.81. The Bertz CT molecular complexity index is 801. The molecule has 0 spiro atoms. The lowest BCUT2D eigenvalue weighted by molar-refractivity contribution is -0.123. The van der Waals surface area contributed by atoms with Crippen molar-refractivity contribution in [3.8, 4) is 5.75 Å². The van der Waals surface area contributed by atoms with Crippen molar-refractivity contribution in [2.45, 2.75) is 0 Å². The number of urea groups is 1. The summed E-state index contributed by atoms with van der Waals surface area (Å²) in [5, 5.41) is 15.8. The number of hydrogen-bond acceptors (Lipinski definition) is 5. The van der Waals surface area contributed by atoms with Gasteiger partial charge in [0.15, 0.2) is 6.61 Å². The maximum Gasteiger partial charge on any atom is 0.342 e. The van der Waals surface area contributed by atoms with E-state index in [0.717, 1.165) is 5.39 Å². The first-order valence-electron chi connectivity index (χ1n) is 7.09. The topological polar surface area (TPSA) is 105 Å². The van der Waals surface area contributed by atoms with Gasteiger partial charge in [0.2, 0.25) is 0 Å². The number of carbonyl (C=O) groups is 3. The van der Waals surface area contributed by atoms with Crippen molar-refractivity contribution >= 4 is 28.7 Å². The molecule has 0 heterocycles. The predicted molar refractivity (Wildman–Crippen MR) is 87.6 cm³/mol. The van der Waals surface area contributed by atoms with Gasteiger partial charge in [-0.05, 0) is 11.5 Å². The highest BCUT2D eigenvalue weighted by molar-refractivity contribution is 6.02. The van der Waals surface area contributed by atoms with E-state index in [4.69, 9.17) is 4.74 Å². The molecule has 2 rings (SSSR count). The number of benzene rings is 2. The van der Waals surface area contributed by atoms with Gasteiger partial charge >= 0.3 is 12.0 Å². The number of hydrogen-bond donors (Lipinski definition) is 3. The molecule has 2 aromatic rings. The fraction of sp³-hybridized carbons (Fsp3) is 0.118. The Morgan fingerprint density at radius 1 is 1.17 bits per heavy atom. The maximum atomic E-state index is 12.0. The van der Waals surface area contributed by atoms with Gasteiger partial charge < -0.3 is 15.2 Å². The molecule has 0 aliphatic rings. The van der Waals surface area contributed by atoms with Crippen LogP contribution in [0.25, 0.3) is 10.8 Å². The molecule has 124 valence electrons. The van der Waals surface area contributed by atoms with Gasteiger partial charge in [-0.15, -0.1) is 6.58 Å². The maximum absolute atomic E-state index is 12.0. The molecule has 7 heteroatoms. The fourth-order valence-electron chi connectivity index (χ4n) is 2.00. The summed E-state index contributed by atoms with van der Waals surface area (Å²) in [6, 6.07) is 9.35. The molecule has 24 heavy (non-hydrogen) atoms. The highest BCUT2D eigenvalue weighted by Crippen LogP contribution is 2.28. The van der Waals surface area contributed by atoms with Crippen molar-refractivity contribution in [2.24, 2.45) is 0 Å². The first-order chi connectivity index (χ1) is 11.5. The molecule has 0 aromatic heterocycles. The highest BCUT2D eigenvalue weighted by Gasteiger charge is 2.17. The van der Waals surface area contributed by atoms with Gasteiger partial charge in [-0.25, -0.2) is 9.59 Å². The van der Waals surface area contributed by atoms with Crippen molar-refractivity contribution in [1.82, 2.24) is 10.6 Å². The second-order valence-electron chi connectivity index (χ2n) is 4.81. The number of fused-ring (bicyclic) bond motifs is 1. The van der Waals surface area contributed by atoms with E-state index in [0.29, 0.717) is 5.39 Å². The van der Waals surface area contributed by atoms with E-state index in [-0.39, 0.29) is 17.9 Å². The number of amides is 3. The molecule has 0 atom stereocenters. The van der Waals surface area contributed by atoms with Crippen LogP contribution in [0.4, 0.5) is 4.79 Å². The normalized spacial score (nSPS) is 10.0. The molecule has 0 saturated heterocycles. The summed E-state index contributed by atoms with van der Waals surface area (Å²) in [6.07, 6.45) is 1.45. The highest BCUT2D eigenvalue weighted by atomic mass is 16.5. The van der Waals surface area contributed by atoms with Crippen LogP contribution >= 0.6 is 0 Å². The molecule has 0 aliphatic carbocycles. The number of phenols is 1. The zero-order valence-electron chi connectivity index (χ0n) is 12.7. The summed E-state index contributed by atoms with van der Waals surface area (Å²) in [6.45, 7) is 2.97. The number of aromatic hydroxyl groups is 1. The smallest absolute Gasteiger partial charge is 0.342 e. The number of nitrogens with one attached hydrogen (secondary N) is 2. The lowest BCUT2D eigenvalue weighted by atomic mass is 10.1. The molecular formula is C17H16N2O5. The molecule has 2 aromatic carbocycles. The molecular weight excluding hydrogens is 312 g/mol. The summed E-state index contributed by atoms with van der Waals surface area (Å²) in [4.78, 5) is 34.8. The average molecular weight is 328 g/mol. The third kappa shape index (κ3) is 4.10. The van der Waals surface area contributed by atoms with Gasteiger partial charge in [0.1, 0.15) is 11.3 Å². The Balaban J connectivity index is 1.98. The van der Waals surface area contributed by atoms with Gasteiger partial charge in [-0.2, -0.15) is 0 Å². The zero-order chi connectivity index (χ0) is 17.5. The number of rotatable bonds is 5. The molecule has 0 saturated carbocycles. The third-order valence-corrected chi connectivity index (χ3v) is 3.11. The van der Waals surface area contributed by atoms with Crippen molar-refractivity contribution in [3.05, 3.63) is 54.6 Å². The van der Waals surface area contributed by atoms with Crippen LogP contribution in [0, 0.1) is 0 Å². The van der Waals surface area contributed by atoms with Gasteiger partial charge in [0, 0.05) is 11.9 Å². The summed E-state index contributed by atoms with van der Waals surface area (Å²) in [7, 11) is 0. The predicted octanol–water partition coefficient (Wildman–Crippen LogP) is 1.71. The number of imide groups is 1. The van der Waals surface area contributed by atoms with E-state index >= 15 is 0 Å². The van der Waals surface area contributed by atoms with Crippen molar-refractivity contribution in [2.75, 3.05) is 13.2 Å². The van der Waals surface area contributed by atoms with E-state index in [9.17, 15) is 19.5 Å². The van der Waals surface area contributed by atoms with E-state index in [1.807, 2.05) is 11.4 Å². The minimum Gasteiger partial charge on any atom is -0.506 e. The van der Waals surface area contributed by atoms with Crippen LogP contribution < -0.4 is 10.6 Å². The standard InChI is InChI=1S/C17H16N2O5/c1-2-9-18-17(23)19-14(20)10-24-16(22)13-8-7-11-5-3-4-6-12(11)15(13)21/h2-8,21H,1,9-10H2,(H2,18,19,20,23). The van der Waals surface area contributed by atoms with Crippen LogP contribution in [0.3, 0.4) is 0 Å². The van der Waals surface area contributed by atoms with E-state index in [1.54, 1.807) is 24.3 Å². The zero-order valence-corrected chi connectivity index (χ0v) is 12.7. The lowest BCUT2D eigenvalue weighted by Gasteiger charge is -2.09. The largest absolute Gasteiger partial charge is 0.506 e. The van der Waals surface area contributed by atoms with E-state index in [1.165, 1.54) is 12.1 Å². The van der Waals surface area contributed by atoms with Crippen LogP contribution in [0.5, 0.6) is 5.75 Å². The molecule has 3 N–H and O–H groups in total. The van der Waals surface area contributed by atoms with E-state index in [2.05, 4.69) is 11.9 Å². The first kappa shape index (κ1) is 17.0. The fourth-order valence-corrected chi connectivity index (χ4v) is 2.00. The quantitative estimate of drug-likeness (QED) is 0.572. The minimum atomic E-state index is -0.861. The van der Waals surface area contributed by atoms with Gasteiger partial charge in [0.05, 0.1) is 0 Å². The molecule has 0 fully saturated rings. The second kappa shape index (κ2) is 7.77. The van der Waals surface area contributed by atoms with Crippen molar-refractivity contribution < 1.29 is 24.2 Å². The Labute approximate surface area is 137 Å². The summed E-state index contributed by atoms with van der Waals surface area (Å²) in [5.74, 6) is -1.87. The Morgan fingerprint density at radius 2 is 1.92 bits per heavy atom. The molecule has 0 radical (unpaired) electrons. The third-order valence-electron chi connectivity index (χ3n) is 3.11. The van der Waals surface area contributed by atoms with Crippen LogP contribution in [-0.2, 0) is 9.53 Å². The Hall–Kier alpha value is -3.35. The summed E-state index contributed by atoms with van der Waals surface area (Å²) in [5.41, 5.74) is -0.0578. The van der Waals surface area contributed by atoms with Crippen LogP contribution in [0.1, 0.15) is 10.4 Å². The van der Waals surface area contributed by atoms with Crippen LogP contribution in [0.2, 0.25) is 0 Å². The van der Waals surface area contributed by atoms with Gasteiger partial charge in [-0.3, -0.25) is 10.1 Å². The van der Waals surface area contributed by atoms with Gasteiger partial charge in [-0.1, -0.05) is 36.4 Å². The van der Waals surface area contributed by atoms with Crippen LogP contribution in [-0.4, -0.2) is 36.2 Å². The monoisotopic (exact) mass is 328 g/mol. The SMILES string of the molecule is C=CCNC(=O)NC(=O)COC(=O)c1ccc2ccccc2c1O. The molecule has 0 bridgehead atoms. The second-order valence-corrected chi connectivity index (χ2v) is 4.81. The van der Waals surface area contributed by atoms with Crippen molar-refractivity contribution in [1.29, 1.82) is 0 Å². The molecule has 0 unspecified atom stereocenters. The summed E-state index contributed by atoms with van der Waals surface area (Å²) >= 11 is 0. The minimum absolute atomic E-state index is 0.0578. The number of ether oxygens (including phenoxy) is 1. The average Bonchev–Trinajstić information content (AvgIpc) is 2.58. The number of phenolic OH excluding ortho intramolecular Hbond substituents is 1.